The molecule has 1 unspecified atom stereocenters. The lowest BCUT2D eigenvalue weighted by Crippen LogP contribution is -2.28. The molecule has 1 N–H and O–H groups in total. The minimum absolute atomic E-state index is 0.689. The van der Waals surface area contributed by atoms with E-state index in [4.69, 9.17) is 0 Å². The van der Waals surface area contributed by atoms with Crippen molar-refractivity contribution in [1.29, 1.82) is 0 Å². The normalized spacial score (nSPS) is 19.8. The van der Waals surface area contributed by atoms with Gasteiger partial charge in [-0.15, -0.1) is 0 Å². The number of anilines is 1. The van der Waals surface area contributed by atoms with Gasteiger partial charge in [0.2, 0.25) is 0 Å². The SMILES string of the molecule is CCC1CCCN(c2ncccc2CNCC(C)C)CC1. The van der Waals surface area contributed by atoms with Crippen LogP contribution in [0, 0.1) is 11.8 Å². The van der Waals surface area contributed by atoms with Gasteiger partial charge in [-0.05, 0) is 43.7 Å². The molecule has 2 heterocycles. The predicted octanol–water partition coefficient (Wildman–Crippen LogP) is 3.84. The summed E-state index contributed by atoms with van der Waals surface area (Å²) in [5.74, 6) is 2.79. The van der Waals surface area contributed by atoms with E-state index in [1.807, 2.05) is 6.20 Å². The van der Waals surface area contributed by atoms with Crippen LogP contribution in [0.1, 0.15) is 52.0 Å². The third-order valence-electron chi connectivity index (χ3n) is 4.46. The van der Waals surface area contributed by atoms with Crippen molar-refractivity contribution in [2.24, 2.45) is 11.8 Å². The van der Waals surface area contributed by atoms with Crippen molar-refractivity contribution in [1.82, 2.24) is 10.3 Å². The summed E-state index contributed by atoms with van der Waals surface area (Å²) in [6.07, 6.45) is 7.24. The van der Waals surface area contributed by atoms with Gasteiger partial charge in [-0.3, -0.25) is 0 Å². The molecule has 1 saturated heterocycles. The average molecular weight is 289 g/mol. The van der Waals surface area contributed by atoms with Crippen molar-refractivity contribution in [3.8, 4) is 0 Å². The molecule has 3 heteroatoms. The van der Waals surface area contributed by atoms with Gasteiger partial charge in [0.05, 0.1) is 0 Å². The average Bonchev–Trinajstić information content (AvgIpc) is 2.73. The zero-order valence-corrected chi connectivity index (χ0v) is 13.9. The molecule has 1 aromatic heterocycles. The molecule has 1 aromatic rings. The molecule has 0 aliphatic carbocycles. The lowest BCUT2D eigenvalue weighted by atomic mass is 9.98. The standard InChI is InChI=1S/C18H31N3/c1-4-16-7-6-11-21(12-9-16)18-17(8-5-10-20-18)14-19-13-15(2)3/h5,8,10,15-16,19H,4,6-7,9,11-14H2,1-3H3. The number of nitrogens with one attached hydrogen (secondary N) is 1. The van der Waals surface area contributed by atoms with E-state index in [0.29, 0.717) is 5.92 Å². The molecule has 0 amide bonds. The summed E-state index contributed by atoms with van der Waals surface area (Å²) in [7, 11) is 0. The summed E-state index contributed by atoms with van der Waals surface area (Å²) < 4.78 is 0. The van der Waals surface area contributed by atoms with E-state index in [-0.39, 0.29) is 0 Å². The van der Waals surface area contributed by atoms with E-state index in [1.54, 1.807) is 0 Å². The van der Waals surface area contributed by atoms with Crippen LogP contribution < -0.4 is 10.2 Å². The molecule has 1 fully saturated rings. The van der Waals surface area contributed by atoms with Gasteiger partial charge in [-0.1, -0.05) is 33.3 Å². The van der Waals surface area contributed by atoms with Crippen LogP contribution in [0.15, 0.2) is 18.3 Å². The molecular formula is C18H31N3. The summed E-state index contributed by atoms with van der Waals surface area (Å²) in [4.78, 5) is 7.18. The number of pyridine rings is 1. The van der Waals surface area contributed by atoms with Gasteiger partial charge in [0.1, 0.15) is 5.82 Å². The van der Waals surface area contributed by atoms with Gasteiger partial charge in [0, 0.05) is 31.4 Å². The second-order valence-corrected chi connectivity index (χ2v) is 6.70. The van der Waals surface area contributed by atoms with E-state index in [0.717, 1.165) is 32.1 Å². The Balaban J connectivity index is 2.01. The molecule has 1 aliphatic rings. The second kappa shape index (κ2) is 8.38. The van der Waals surface area contributed by atoms with Crippen LogP contribution in [0.3, 0.4) is 0 Å². The van der Waals surface area contributed by atoms with Crippen molar-refractivity contribution in [3.63, 3.8) is 0 Å². The van der Waals surface area contributed by atoms with Crippen molar-refractivity contribution in [2.45, 2.75) is 53.0 Å². The van der Waals surface area contributed by atoms with Crippen molar-refractivity contribution >= 4 is 5.82 Å². The van der Waals surface area contributed by atoms with E-state index >= 15 is 0 Å². The van der Waals surface area contributed by atoms with Crippen molar-refractivity contribution in [2.75, 3.05) is 24.5 Å². The number of nitrogens with zero attached hydrogens (tertiary/aromatic N) is 2. The van der Waals surface area contributed by atoms with Crippen LogP contribution in [0.25, 0.3) is 0 Å². The molecule has 3 nitrogen and oxygen atoms in total. The number of hydrogen-bond acceptors (Lipinski definition) is 3. The first-order chi connectivity index (χ1) is 10.2. The number of rotatable bonds is 6. The molecule has 2 rings (SSSR count). The fraction of sp³-hybridized carbons (Fsp3) is 0.722. The second-order valence-electron chi connectivity index (χ2n) is 6.70. The Labute approximate surface area is 130 Å². The highest BCUT2D eigenvalue weighted by Crippen LogP contribution is 2.25. The number of aromatic nitrogens is 1. The third kappa shape index (κ3) is 4.99. The first-order valence-electron chi connectivity index (χ1n) is 8.60. The predicted molar refractivity (Wildman–Crippen MR) is 90.6 cm³/mol. The Morgan fingerprint density at radius 3 is 2.95 bits per heavy atom. The highest BCUT2D eigenvalue weighted by molar-refractivity contribution is 5.46. The maximum absolute atomic E-state index is 4.68. The van der Waals surface area contributed by atoms with Crippen molar-refractivity contribution < 1.29 is 0 Å². The minimum Gasteiger partial charge on any atom is -0.356 e. The fourth-order valence-corrected chi connectivity index (χ4v) is 3.13. The molecule has 0 spiro atoms. The Bertz CT molecular complexity index is 417. The summed E-state index contributed by atoms with van der Waals surface area (Å²) in [5, 5.41) is 3.55. The summed E-state index contributed by atoms with van der Waals surface area (Å²) in [6.45, 7) is 11.1. The van der Waals surface area contributed by atoms with Gasteiger partial charge in [-0.25, -0.2) is 4.98 Å². The minimum atomic E-state index is 0.689. The Morgan fingerprint density at radius 2 is 2.19 bits per heavy atom. The molecular weight excluding hydrogens is 258 g/mol. The first kappa shape index (κ1) is 16.3. The van der Waals surface area contributed by atoms with Crippen LogP contribution in [0.4, 0.5) is 5.82 Å². The lowest BCUT2D eigenvalue weighted by Gasteiger charge is -2.24. The summed E-state index contributed by atoms with van der Waals surface area (Å²) >= 11 is 0. The van der Waals surface area contributed by atoms with Gasteiger partial charge >= 0.3 is 0 Å². The topological polar surface area (TPSA) is 28.2 Å². The highest BCUT2D eigenvalue weighted by Gasteiger charge is 2.18. The largest absolute Gasteiger partial charge is 0.356 e. The lowest BCUT2D eigenvalue weighted by molar-refractivity contribution is 0.459. The Hall–Kier alpha value is -1.09. The quantitative estimate of drug-likeness (QED) is 0.862. The van der Waals surface area contributed by atoms with Gasteiger partial charge in [0.15, 0.2) is 0 Å². The summed E-state index contributed by atoms with van der Waals surface area (Å²) in [5.41, 5.74) is 1.34. The van der Waals surface area contributed by atoms with Crippen LogP contribution in [0.2, 0.25) is 0 Å². The van der Waals surface area contributed by atoms with Crippen LogP contribution in [-0.2, 0) is 6.54 Å². The maximum atomic E-state index is 4.68. The van der Waals surface area contributed by atoms with E-state index < -0.39 is 0 Å². The molecule has 1 aliphatic heterocycles. The zero-order chi connectivity index (χ0) is 15.1. The molecule has 0 radical (unpaired) electrons. The van der Waals surface area contributed by atoms with E-state index in [2.05, 4.69) is 48.1 Å². The maximum Gasteiger partial charge on any atom is 0.133 e. The Kier molecular flexibility index (Phi) is 6.50. The van der Waals surface area contributed by atoms with Gasteiger partial charge in [-0.2, -0.15) is 0 Å². The smallest absolute Gasteiger partial charge is 0.133 e. The first-order valence-corrected chi connectivity index (χ1v) is 8.60. The zero-order valence-electron chi connectivity index (χ0n) is 13.9. The monoisotopic (exact) mass is 289 g/mol. The molecule has 1 atom stereocenters. The summed E-state index contributed by atoms with van der Waals surface area (Å²) in [6, 6.07) is 4.28. The van der Waals surface area contributed by atoms with Crippen LogP contribution in [-0.4, -0.2) is 24.6 Å². The molecule has 0 aromatic carbocycles. The highest BCUT2D eigenvalue weighted by atomic mass is 15.2. The Morgan fingerprint density at radius 1 is 1.33 bits per heavy atom. The van der Waals surface area contributed by atoms with Crippen LogP contribution >= 0.6 is 0 Å². The fourth-order valence-electron chi connectivity index (χ4n) is 3.13. The van der Waals surface area contributed by atoms with Crippen molar-refractivity contribution in [3.05, 3.63) is 23.9 Å². The number of hydrogen-bond donors (Lipinski definition) is 1. The van der Waals surface area contributed by atoms with E-state index in [1.165, 1.54) is 37.1 Å². The van der Waals surface area contributed by atoms with E-state index in [9.17, 15) is 0 Å². The molecule has 0 saturated carbocycles. The van der Waals surface area contributed by atoms with Gasteiger partial charge in [0.25, 0.3) is 0 Å². The molecule has 0 bridgehead atoms. The van der Waals surface area contributed by atoms with Crippen LogP contribution in [0.5, 0.6) is 0 Å². The molecule has 118 valence electrons. The third-order valence-corrected chi connectivity index (χ3v) is 4.46. The van der Waals surface area contributed by atoms with Gasteiger partial charge < -0.3 is 10.2 Å². The molecule has 21 heavy (non-hydrogen) atoms.